The molecule has 28 nitrogen and oxygen atoms in total. The predicted octanol–water partition coefficient (Wildman–Crippen LogP) is 8.33. The minimum atomic E-state index is -5.08. The first kappa shape index (κ1) is 66.9. The minimum absolute atomic E-state index is 0.00153. The molecule has 6 aromatic heterocycles. The SMILES string of the molecule is COc1cc(-n2cnc(Nc3nc(N4CCC[C@H]4CO)nn4c(C5=CCN(C(=O)OC(C)(C)C)CC5)ccc34)c2)cc(OC)c1OC.COc1cc(-n2cnc(Nc3nc(N4CCC[C@H]4CO)nn4c(C5=CCNCC5)ccc34)c2)cc(OC)c1OC.O=C(O)C(F)(F)F. The number of aliphatic hydroxyl groups excluding tert-OH is 2. The highest BCUT2D eigenvalue weighted by Crippen LogP contribution is 2.42. The lowest BCUT2D eigenvalue weighted by Crippen LogP contribution is -2.39. The molecule has 0 spiro atoms. The van der Waals surface area contributed by atoms with Gasteiger partial charge >= 0.3 is 18.2 Å². The maximum absolute atomic E-state index is 12.7. The second-order valence-corrected chi connectivity index (χ2v) is 23.1. The van der Waals surface area contributed by atoms with Crippen LogP contribution in [-0.4, -0.2) is 200 Å². The summed E-state index contributed by atoms with van der Waals surface area (Å²) in [4.78, 5) is 46.5. The fourth-order valence-electron chi connectivity index (χ4n) is 11.4. The van der Waals surface area contributed by atoms with Gasteiger partial charge in [0.05, 0.1) is 103 Å². The number of alkyl halides is 3. The molecule has 2 fully saturated rings. The number of halogens is 3. The number of fused-ring (bicyclic) bond motifs is 2. The zero-order chi connectivity index (χ0) is 67.0. The Hall–Kier alpha value is -10.0. The number of nitrogens with zero attached hydrogens (tertiary/aromatic N) is 13. The van der Waals surface area contributed by atoms with E-state index >= 15 is 0 Å². The molecule has 0 bridgehead atoms. The lowest BCUT2D eigenvalue weighted by atomic mass is 10.1. The van der Waals surface area contributed by atoms with Crippen molar-refractivity contribution in [1.29, 1.82) is 0 Å². The second kappa shape index (κ2) is 28.9. The van der Waals surface area contributed by atoms with Gasteiger partial charge < -0.3 is 88.3 Å². The summed E-state index contributed by atoms with van der Waals surface area (Å²) >= 11 is 0. The van der Waals surface area contributed by atoms with Crippen molar-refractivity contribution in [2.75, 3.05) is 116 Å². The van der Waals surface area contributed by atoms with Crippen LogP contribution in [0.5, 0.6) is 34.5 Å². The van der Waals surface area contributed by atoms with Gasteiger partial charge in [-0.05, 0) is 101 Å². The molecule has 1 amide bonds. The van der Waals surface area contributed by atoms with Gasteiger partial charge in [0.1, 0.15) is 40.9 Å². The van der Waals surface area contributed by atoms with Gasteiger partial charge in [0.25, 0.3) is 0 Å². The normalized spacial score (nSPS) is 16.6. The van der Waals surface area contributed by atoms with E-state index in [2.05, 4.69) is 53.9 Å². The van der Waals surface area contributed by atoms with Crippen molar-refractivity contribution in [3.8, 4) is 45.9 Å². The summed E-state index contributed by atoms with van der Waals surface area (Å²) in [6, 6.07) is 15.5. The zero-order valence-electron chi connectivity index (χ0n) is 53.6. The number of amides is 1. The standard InChI is InChI=1S/C33H42N8O6.C28H34N8O4.C2HF3O2/c1-33(2,3)47-32(43)38-14-11-21(12-15-38)24-9-10-25-30(36-31(37-41(24)25)40-13-7-8-22(40)19-42)35-28-18-39(20-34-28)23-16-26(44-4)29(46-6)27(17-23)45-5;1-38-23-13-20(14-24(39-2)26(23)40-3)34-15-25(30-17-34)31-27-22-7-6-21(18-8-10-29-11-9-18)36(22)33-28(32-27)35-12-4-5-19(35)16-37;3-2(4,5)1(6)7/h9-11,16-18,20,22,42H,7-8,12-15,19H2,1-6H3,(H,35,36,37);6-8,13-15,17,19,29,37H,4-5,9-12,16H2,1-3H3,(H,31,32,33);(H,6,7)/t22-;19-;/m00./s1. The number of carbonyl (C=O) groups is 2. The van der Waals surface area contributed by atoms with Crippen LogP contribution in [0, 0.1) is 0 Å². The molecule has 31 heteroatoms. The third kappa shape index (κ3) is 14.7. The molecule has 4 aliphatic heterocycles. The highest BCUT2D eigenvalue weighted by molar-refractivity contribution is 5.80. The maximum atomic E-state index is 12.7. The lowest BCUT2D eigenvalue weighted by Gasteiger charge is -2.29. The van der Waals surface area contributed by atoms with Gasteiger partial charge in [0, 0.05) is 57.0 Å². The number of carboxylic acids is 1. The molecule has 0 unspecified atom stereocenters. The third-order valence-corrected chi connectivity index (χ3v) is 16.1. The van der Waals surface area contributed by atoms with Gasteiger partial charge in [-0.25, -0.2) is 28.6 Å². The van der Waals surface area contributed by atoms with Crippen molar-refractivity contribution in [1.82, 2.24) is 58.5 Å². The Morgan fingerprint density at radius 2 is 1.09 bits per heavy atom. The Morgan fingerprint density at radius 1 is 0.638 bits per heavy atom. The molecule has 0 saturated carbocycles. The summed E-state index contributed by atoms with van der Waals surface area (Å²) in [6.07, 6.45) is 11.3. The van der Waals surface area contributed by atoms with Crippen LogP contribution in [0.15, 0.2) is 85.7 Å². The Kier molecular flexibility index (Phi) is 20.6. The predicted molar refractivity (Wildman–Crippen MR) is 343 cm³/mol. The smallest absolute Gasteiger partial charge is 0.490 e. The molecule has 4 aliphatic rings. The molecule has 6 N–H and O–H groups in total. The Bertz CT molecular complexity index is 4010. The third-order valence-electron chi connectivity index (χ3n) is 16.1. The van der Waals surface area contributed by atoms with Gasteiger partial charge in [-0.2, -0.15) is 23.1 Å². The first-order chi connectivity index (χ1) is 45.2. The van der Waals surface area contributed by atoms with Crippen LogP contribution in [0.25, 0.3) is 33.6 Å². The number of aromatic nitrogens is 10. The molecular weight excluding hydrogens is 1230 g/mol. The second-order valence-electron chi connectivity index (χ2n) is 23.1. The number of aliphatic hydroxyl groups is 2. The number of hydrogen-bond acceptors (Lipinski definition) is 22. The summed E-state index contributed by atoms with van der Waals surface area (Å²) in [5.74, 6) is 3.95. The van der Waals surface area contributed by atoms with E-state index in [-0.39, 0.29) is 31.4 Å². The molecule has 0 aliphatic carbocycles. The molecule has 2 saturated heterocycles. The molecule has 2 aromatic carbocycles. The number of benzene rings is 2. The molecule has 502 valence electrons. The number of carboxylic acid groups (broad SMARTS) is 1. The number of imidazole rings is 2. The summed E-state index contributed by atoms with van der Waals surface area (Å²) in [6.45, 7) is 9.98. The number of hydrogen-bond donors (Lipinski definition) is 6. The monoisotopic (exact) mass is 1310 g/mol. The number of methoxy groups -OCH3 is 6. The summed E-state index contributed by atoms with van der Waals surface area (Å²) in [5, 5.41) is 47.3. The highest BCUT2D eigenvalue weighted by atomic mass is 19.4. The van der Waals surface area contributed by atoms with E-state index in [9.17, 15) is 28.2 Å². The molecular formula is C63H77F3N16O12. The number of anilines is 6. The molecule has 10 heterocycles. The minimum Gasteiger partial charge on any atom is -0.493 e. The number of nitrogens with one attached hydrogen (secondary N) is 3. The zero-order valence-corrected chi connectivity index (χ0v) is 53.6. The average Bonchev–Trinajstić information content (AvgIpc) is 1.61. The Balaban J connectivity index is 0.000000188. The van der Waals surface area contributed by atoms with Crippen LogP contribution in [0.1, 0.15) is 70.7 Å². The average molecular weight is 1310 g/mol. The first-order valence-corrected chi connectivity index (χ1v) is 30.3. The Morgan fingerprint density at radius 3 is 1.45 bits per heavy atom. The molecule has 94 heavy (non-hydrogen) atoms. The van der Waals surface area contributed by atoms with Gasteiger partial charge in [-0.1, -0.05) is 12.2 Å². The van der Waals surface area contributed by atoms with E-state index in [0.717, 1.165) is 97.7 Å². The maximum Gasteiger partial charge on any atom is 0.490 e. The Labute approximate surface area is 539 Å². The van der Waals surface area contributed by atoms with Gasteiger partial charge in [0.15, 0.2) is 34.6 Å². The van der Waals surface area contributed by atoms with Crippen LogP contribution in [0.4, 0.5) is 53.1 Å². The van der Waals surface area contributed by atoms with E-state index in [1.807, 2.05) is 93.8 Å². The van der Waals surface area contributed by atoms with Gasteiger partial charge in [-0.3, -0.25) is 0 Å². The largest absolute Gasteiger partial charge is 0.493 e. The van der Waals surface area contributed by atoms with Crippen LogP contribution >= 0.6 is 0 Å². The topological polar surface area (TPSA) is 301 Å². The molecule has 0 radical (unpaired) electrons. The lowest BCUT2D eigenvalue weighted by molar-refractivity contribution is -0.192. The number of aliphatic carboxylic acids is 1. The van der Waals surface area contributed by atoms with Crippen molar-refractivity contribution in [2.24, 2.45) is 0 Å². The van der Waals surface area contributed by atoms with Crippen LogP contribution in [0.3, 0.4) is 0 Å². The van der Waals surface area contributed by atoms with Gasteiger partial charge in [-0.15, -0.1) is 10.2 Å². The fraction of sp³-hybridized carbons (Fsp3) is 0.429. The van der Waals surface area contributed by atoms with Crippen molar-refractivity contribution in [3.63, 3.8) is 0 Å². The van der Waals surface area contributed by atoms with Crippen LogP contribution in [0.2, 0.25) is 0 Å². The van der Waals surface area contributed by atoms with Crippen molar-refractivity contribution >= 4 is 69.4 Å². The fourth-order valence-corrected chi connectivity index (χ4v) is 11.4. The first-order valence-electron chi connectivity index (χ1n) is 30.3. The van der Waals surface area contributed by atoms with Crippen molar-refractivity contribution in [3.05, 3.63) is 97.1 Å². The number of ether oxygens (including phenoxy) is 7. The van der Waals surface area contributed by atoms with E-state index < -0.39 is 17.7 Å². The summed E-state index contributed by atoms with van der Waals surface area (Å²) in [7, 11) is 9.48. The number of carbonyl (C=O) groups excluding carboxylic acids is 1. The van der Waals surface area contributed by atoms with E-state index in [1.165, 1.54) is 5.57 Å². The molecule has 2 atom stereocenters. The summed E-state index contributed by atoms with van der Waals surface area (Å²) in [5.41, 5.74) is 6.92. The summed E-state index contributed by atoms with van der Waals surface area (Å²) < 4.78 is 77.9. The van der Waals surface area contributed by atoms with E-state index in [0.29, 0.717) is 89.2 Å². The molecule has 12 rings (SSSR count). The number of rotatable bonds is 18. The van der Waals surface area contributed by atoms with E-state index in [4.69, 9.17) is 63.2 Å². The highest BCUT2D eigenvalue weighted by Gasteiger charge is 2.38. The van der Waals surface area contributed by atoms with Crippen molar-refractivity contribution < 1.29 is 71.2 Å². The molecule has 8 aromatic rings. The van der Waals surface area contributed by atoms with Crippen molar-refractivity contribution in [2.45, 2.75) is 83.2 Å². The van der Waals surface area contributed by atoms with E-state index in [1.54, 1.807) is 60.2 Å². The van der Waals surface area contributed by atoms with Crippen LogP contribution < -0.4 is 54.2 Å². The van der Waals surface area contributed by atoms with Crippen LogP contribution in [-0.2, 0) is 9.53 Å². The van der Waals surface area contributed by atoms with Gasteiger partial charge in [0.2, 0.25) is 23.4 Å². The quantitative estimate of drug-likeness (QED) is 0.0470.